The molecule has 0 radical (unpaired) electrons. The van der Waals surface area contributed by atoms with Gasteiger partial charge in [0.25, 0.3) is 0 Å². The van der Waals surface area contributed by atoms with Gasteiger partial charge in [0.05, 0.1) is 0 Å². The summed E-state index contributed by atoms with van der Waals surface area (Å²) in [5.41, 5.74) is 2.27. The lowest BCUT2D eigenvalue weighted by Crippen LogP contribution is -2.38. The van der Waals surface area contributed by atoms with Crippen molar-refractivity contribution >= 4 is 11.7 Å². The van der Waals surface area contributed by atoms with Gasteiger partial charge in [-0.15, -0.1) is 13.2 Å². The zero-order chi connectivity index (χ0) is 18.6. The van der Waals surface area contributed by atoms with Crippen LogP contribution in [0.2, 0.25) is 0 Å². The highest BCUT2D eigenvalue weighted by Crippen LogP contribution is 2.27. The van der Waals surface area contributed by atoms with Crippen molar-refractivity contribution in [3.8, 4) is 16.9 Å². The van der Waals surface area contributed by atoms with Crippen molar-refractivity contribution in [2.75, 3.05) is 18.4 Å². The second kappa shape index (κ2) is 7.68. The van der Waals surface area contributed by atoms with Gasteiger partial charge < -0.3 is 15.0 Å². The van der Waals surface area contributed by atoms with Gasteiger partial charge in [-0.25, -0.2) is 4.79 Å². The van der Waals surface area contributed by atoms with Gasteiger partial charge in [-0.3, -0.25) is 0 Å². The molecule has 0 aromatic heterocycles. The van der Waals surface area contributed by atoms with E-state index in [0.717, 1.165) is 43.5 Å². The normalized spacial score (nSPS) is 14.8. The van der Waals surface area contributed by atoms with Crippen molar-refractivity contribution in [1.29, 1.82) is 0 Å². The van der Waals surface area contributed by atoms with Crippen molar-refractivity contribution in [1.82, 2.24) is 4.90 Å². The minimum absolute atomic E-state index is 0.105. The average Bonchev–Trinajstić information content (AvgIpc) is 2.62. The second-order valence-electron chi connectivity index (χ2n) is 6.13. The maximum Gasteiger partial charge on any atom is 0.573 e. The van der Waals surface area contributed by atoms with Gasteiger partial charge in [0.1, 0.15) is 5.75 Å². The van der Waals surface area contributed by atoms with Gasteiger partial charge in [0, 0.05) is 18.8 Å². The number of benzene rings is 2. The van der Waals surface area contributed by atoms with Crippen LogP contribution in [0.5, 0.6) is 5.75 Å². The largest absolute Gasteiger partial charge is 0.573 e. The van der Waals surface area contributed by atoms with E-state index in [0.29, 0.717) is 5.69 Å². The Labute approximate surface area is 149 Å². The SMILES string of the molecule is O=C(Nc1ccc(-c2ccc(OC(F)(F)F)cc2)cc1)N1CCCCC1. The van der Waals surface area contributed by atoms with E-state index in [1.165, 1.54) is 12.1 Å². The van der Waals surface area contributed by atoms with Gasteiger partial charge >= 0.3 is 12.4 Å². The summed E-state index contributed by atoms with van der Waals surface area (Å²) < 4.78 is 40.4. The third-order valence-corrected chi connectivity index (χ3v) is 4.20. The quantitative estimate of drug-likeness (QED) is 0.806. The molecular formula is C19H19F3N2O2. The number of hydrogen-bond acceptors (Lipinski definition) is 2. The minimum Gasteiger partial charge on any atom is -0.406 e. The molecule has 1 heterocycles. The minimum atomic E-state index is -4.70. The maximum absolute atomic E-state index is 12.2. The van der Waals surface area contributed by atoms with Crippen LogP contribution in [0.3, 0.4) is 0 Å². The lowest BCUT2D eigenvalue weighted by atomic mass is 10.1. The molecule has 1 N–H and O–H groups in total. The number of piperidine rings is 1. The van der Waals surface area contributed by atoms with Crippen LogP contribution in [0.1, 0.15) is 19.3 Å². The molecule has 1 saturated heterocycles. The first-order valence-corrected chi connectivity index (χ1v) is 8.43. The fraction of sp³-hybridized carbons (Fsp3) is 0.316. The third kappa shape index (κ3) is 4.91. The predicted octanol–water partition coefficient (Wildman–Crippen LogP) is 5.27. The van der Waals surface area contributed by atoms with Crippen molar-refractivity contribution in [2.45, 2.75) is 25.6 Å². The predicted molar refractivity (Wildman–Crippen MR) is 93.0 cm³/mol. The van der Waals surface area contributed by atoms with Crippen LogP contribution >= 0.6 is 0 Å². The fourth-order valence-electron chi connectivity index (χ4n) is 2.89. The van der Waals surface area contributed by atoms with Crippen LogP contribution in [0.15, 0.2) is 48.5 Å². The molecule has 0 atom stereocenters. The Morgan fingerprint density at radius 1 is 0.885 bits per heavy atom. The van der Waals surface area contributed by atoms with E-state index in [4.69, 9.17) is 0 Å². The number of alkyl halides is 3. The molecule has 0 unspecified atom stereocenters. The number of hydrogen-bond donors (Lipinski definition) is 1. The standard InChI is InChI=1S/C19H19F3N2O2/c20-19(21,22)26-17-10-6-15(7-11-17)14-4-8-16(9-5-14)23-18(25)24-12-2-1-3-13-24/h4-11H,1-3,12-13H2,(H,23,25). The van der Waals surface area contributed by atoms with Crippen molar-refractivity contribution in [3.63, 3.8) is 0 Å². The molecule has 2 aromatic rings. The Balaban J connectivity index is 1.62. The third-order valence-electron chi connectivity index (χ3n) is 4.20. The highest BCUT2D eigenvalue weighted by Gasteiger charge is 2.30. The second-order valence-corrected chi connectivity index (χ2v) is 6.13. The van der Waals surface area contributed by atoms with Crippen LogP contribution in [-0.2, 0) is 0 Å². The van der Waals surface area contributed by atoms with Crippen LogP contribution in [0.25, 0.3) is 11.1 Å². The smallest absolute Gasteiger partial charge is 0.406 e. The summed E-state index contributed by atoms with van der Waals surface area (Å²) in [7, 11) is 0. The molecule has 26 heavy (non-hydrogen) atoms. The Bertz CT molecular complexity index is 737. The van der Waals surface area contributed by atoms with Gasteiger partial charge in [-0.05, 0) is 54.7 Å². The number of amides is 2. The van der Waals surface area contributed by atoms with E-state index in [2.05, 4.69) is 10.1 Å². The molecule has 4 nitrogen and oxygen atoms in total. The van der Waals surface area contributed by atoms with Crippen molar-refractivity contribution < 1.29 is 22.7 Å². The van der Waals surface area contributed by atoms with Crippen LogP contribution in [0.4, 0.5) is 23.7 Å². The zero-order valence-corrected chi connectivity index (χ0v) is 14.1. The molecule has 0 saturated carbocycles. The van der Waals surface area contributed by atoms with E-state index in [9.17, 15) is 18.0 Å². The molecule has 0 bridgehead atoms. The van der Waals surface area contributed by atoms with Gasteiger partial charge in [-0.2, -0.15) is 0 Å². The monoisotopic (exact) mass is 364 g/mol. The Hall–Kier alpha value is -2.70. The molecule has 0 spiro atoms. The zero-order valence-electron chi connectivity index (χ0n) is 14.1. The first-order chi connectivity index (χ1) is 12.4. The fourth-order valence-corrected chi connectivity index (χ4v) is 2.89. The number of ether oxygens (including phenoxy) is 1. The number of rotatable bonds is 3. The number of nitrogens with one attached hydrogen (secondary N) is 1. The topological polar surface area (TPSA) is 41.6 Å². The first kappa shape index (κ1) is 18.1. The number of nitrogens with zero attached hydrogens (tertiary/aromatic N) is 1. The number of urea groups is 1. The molecule has 0 aliphatic carbocycles. The summed E-state index contributed by atoms with van der Waals surface area (Å²) in [6.07, 6.45) is -1.48. The summed E-state index contributed by atoms with van der Waals surface area (Å²) in [5.74, 6) is -0.258. The summed E-state index contributed by atoms with van der Waals surface area (Å²) in [6, 6.07) is 12.7. The molecular weight excluding hydrogens is 345 g/mol. The molecule has 7 heteroatoms. The molecule has 1 aliphatic rings. The Kier molecular flexibility index (Phi) is 5.35. The number of likely N-dealkylation sites (tertiary alicyclic amines) is 1. The molecule has 1 fully saturated rings. The maximum atomic E-state index is 12.2. The van der Waals surface area contributed by atoms with E-state index >= 15 is 0 Å². The number of carbonyl (C=O) groups is 1. The summed E-state index contributed by atoms with van der Waals surface area (Å²) in [5, 5.41) is 2.87. The lowest BCUT2D eigenvalue weighted by molar-refractivity contribution is -0.274. The van der Waals surface area contributed by atoms with Gasteiger partial charge in [0.15, 0.2) is 0 Å². The summed E-state index contributed by atoms with van der Waals surface area (Å²) >= 11 is 0. The van der Waals surface area contributed by atoms with Crippen molar-refractivity contribution in [2.24, 2.45) is 0 Å². The molecule has 138 valence electrons. The number of anilines is 1. The van der Waals surface area contributed by atoms with E-state index < -0.39 is 6.36 Å². The van der Waals surface area contributed by atoms with E-state index in [1.807, 2.05) is 12.1 Å². The Morgan fingerprint density at radius 2 is 1.42 bits per heavy atom. The van der Waals surface area contributed by atoms with Crippen LogP contribution in [-0.4, -0.2) is 30.4 Å². The van der Waals surface area contributed by atoms with Crippen molar-refractivity contribution in [3.05, 3.63) is 48.5 Å². The highest BCUT2D eigenvalue weighted by atomic mass is 19.4. The Morgan fingerprint density at radius 3 is 1.96 bits per heavy atom. The first-order valence-electron chi connectivity index (χ1n) is 8.43. The summed E-state index contributed by atoms with van der Waals surface area (Å²) in [4.78, 5) is 14.0. The highest BCUT2D eigenvalue weighted by molar-refractivity contribution is 5.89. The molecule has 1 aliphatic heterocycles. The number of halogens is 3. The molecule has 2 aromatic carbocycles. The van der Waals surface area contributed by atoms with Gasteiger partial charge in [0.2, 0.25) is 0 Å². The van der Waals surface area contributed by atoms with Gasteiger partial charge in [-0.1, -0.05) is 24.3 Å². The lowest BCUT2D eigenvalue weighted by Gasteiger charge is -2.26. The van der Waals surface area contributed by atoms with E-state index in [1.54, 1.807) is 29.2 Å². The van der Waals surface area contributed by atoms with Crippen LogP contribution < -0.4 is 10.1 Å². The molecule has 2 amide bonds. The van der Waals surface area contributed by atoms with E-state index in [-0.39, 0.29) is 11.8 Å². The summed E-state index contributed by atoms with van der Waals surface area (Å²) in [6.45, 7) is 1.55. The molecule has 3 rings (SSSR count). The average molecular weight is 364 g/mol. The number of carbonyl (C=O) groups excluding carboxylic acids is 1. The van der Waals surface area contributed by atoms with Crippen LogP contribution in [0, 0.1) is 0 Å².